The predicted octanol–water partition coefficient (Wildman–Crippen LogP) is 22.7. The zero-order valence-corrected chi connectivity index (χ0v) is 64.5. The predicted molar refractivity (Wildman–Crippen MR) is 391 cm³/mol. The number of esters is 4. The van der Waals surface area contributed by atoms with Crippen molar-refractivity contribution in [3.63, 3.8) is 0 Å². The number of carbonyl (C=O) groups excluding carboxylic acids is 4. The summed E-state index contributed by atoms with van der Waals surface area (Å²) < 4.78 is 68.5. The van der Waals surface area contributed by atoms with Crippen LogP contribution in [0.25, 0.3) is 0 Å². The van der Waals surface area contributed by atoms with E-state index >= 15 is 0 Å². The summed E-state index contributed by atoms with van der Waals surface area (Å²) in [6.45, 7) is 9.59. The second-order valence-electron chi connectivity index (χ2n) is 28.7. The molecule has 0 aromatic heterocycles. The third kappa shape index (κ3) is 70.5. The minimum Gasteiger partial charge on any atom is -0.462 e. The average molecular weight is 1410 g/mol. The van der Waals surface area contributed by atoms with E-state index in [1.807, 2.05) is 0 Å². The molecule has 0 saturated heterocycles. The maximum atomic E-state index is 13.1. The minimum absolute atomic E-state index is 0.105. The number of phosphoric ester groups is 2. The molecule has 0 aliphatic heterocycles. The number of aliphatic hydroxyl groups is 1. The van der Waals surface area contributed by atoms with E-state index in [-0.39, 0.29) is 25.7 Å². The molecule has 0 spiro atoms. The van der Waals surface area contributed by atoms with E-state index in [4.69, 9.17) is 37.0 Å². The molecule has 0 aliphatic rings. The Morgan fingerprint density at radius 2 is 0.479 bits per heavy atom. The van der Waals surface area contributed by atoms with Crippen molar-refractivity contribution < 1.29 is 80.2 Å². The van der Waals surface area contributed by atoms with Crippen molar-refractivity contribution in [1.29, 1.82) is 0 Å². The number of unbranched alkanes of at least 4 members (excludes halogenated alkanes) is 46. The Morgan fingerprint density at radius 1 is 0.281 bits per heavy atom. The van der Waals surface area contributed by atoms with Gasteiger partial charge < -0.3 is 33.8 Å². The lowest BCUT2D eigenvalue weighted by Crippen LogP contribution is -2.30. The summed E-state index contributed by atoms with van der Waals surface area (Å²) in [6.07, 6.45) is 56.9. The summed E-state index contributed by atoms with van der Waals surface area (Å²) in [4.78, 5) is 72.8. The fourth-order valence-electron chi connectivity index (χ4n) is 11.8. The third-order valence-corrected chi connectivity index (χ3v) is 19.9. The SMILES string of the molecule is CCCCCCCCCCCCCCCCCCCC(=O)OC[C@H](COP(=O)(O)OC[C@@H](O)COP(=O)(O)OC[C@@H](COC(=O)CCCCCCCCCCC)OC(=O)CCCCCCCCCCCC(C)C)OC(=O)CCCCCCCCCCCCCCCCCC(C)C. The van der Waals surface area contributed by atoms with E-state index in [0.717, 1.165) is 102 Å². The Bertz CT molecular complexity index is 1860. The van der Waals surface area contributed by atoms with Crippen molar-refractivity contribution in [3.8, 4) is 0 Å². The van der Waals surface area contributed by atoms with Crippen molar-refractivity contribution in [2.75, 3.05) is 39.6 Å². The highest BCUT2D eigenvalue weighted by Crippen LogP contribution is 2.45. The second-order valence-corrected chi connectivity index (χ2v) is 31.6. The summed E-state index contributed by atoms with van der Waals surface area (Å²) in [7, 11) is -9.91. The molecule has 3 N–H and O–H groups in total. The fraction of sp³-hybridized carbons (Fsp3) is 0.948. The monoisotopic (exact) mass is 1410 g/mol. The second kappa shape index (κ2) is 68.8. The van der Waals surface area contributed by atoms with E-state index < -0.39 is 97.5 Å². The first-order valence-corrected chi connectivity index (χ1v) is 43.0. The van der Waals surface area contributed by atoms with Gasteiger partial charge in [-0.1, -0.05) is 350 Å². The maximum absolute atomic E-state index is 13.1. The van der Waals surface area contributed by atoms with Crippen LogP contribution in [0.5, 0.6) is 0 Å². The minimum atomic E-state index is -4.96. The van der Waals surface area contributed by atoms with Crippen LogP contribution in [-0.4, -0.2) is 96.7 Å². The van der Waals surface area contributed by atoms with E-state index in [2.05, 4.69) is 41.5 Å². The number of aliphatic hydroxyl groups excluding tert-OH is 1. The van der Waals surface area contributed by atoms with E-state index in [0.29, 0.717) is 25.7 Å². The highest BCUT2D eigenvalue weighted by atomic mass is 31.2. The van der Waals surface area contributed by atoms with Crippen molar-refractivity contribution in [1.82, 2.24) is 0 Å². The number of ether oxygens (including phenoxy) is 4. The van der Waals surface area contributed by atoms with Gasteiger partial charge in [0.2, 0.25) is 0 Å². The van der Waals surface area contributed by atoms with Gasteiger partial charge >= 0.3 is 39.5 Å². The summed E-state index contributed by atoms with van der Waals surface area (Å²) in [5.41, 5.74) is 0. The van der Waals surface area contributed by atoms with Crippen LogP contribution in [0.15, 0.2) is 0 Å². The van der Waals surface area contributed by atoms with Gasteiger partial charge in [-0.15, -0.1) is 0 Å². The van der Waals surface area contributed by atoms with Crippen LogP contribution in [0, 0.1) is 11.8 Å². The highest BCUT2D eigenvalue weighted by Gasteiger charge is 2.30. The molecule has 2 unspecified atom stereocenters. The summed E-state index contributed by atoms with van der Waals surface area (Å²) in [5.74, 6) is -0.576. The molecular weight excluding hydrogens is 1260 g/mol. The number of carbonyl (C=O) groups is 4. The molecule has 96 heavy (non-hydrogen) atoms. The quantitative estimate of drug-likeness (QED) is 0.0222. The molecule has 0 bridgehead atoms. The van der Waals surface area contributed by atoms with Gasteiger partial charge in [-0.3, -0.25) is 37.3 Å². The fourth-order valence-corrected chi connectivity index (χ4v) is 13.4. The van der Waals surface area contributed by atoms with Gasteiger partial charge in [0, 0.05) is 25.7 Å². The van der Waals surface area contributed by atoms with Gasteiger partial charge in [-0.05, 0) is 37.5 Å². The van der Waals surface area contributed by atoms with E-state index in [1.54, 1.807) is 0 Å². The van der Waals surface area contributed by atoms with Crippen LogP contribution >= 0.6 is 15.6 Å². The number of rotatable bonds is 76. The number of hydrogen-bond donors (Lipinski definition) is 3. The smallest absolute Gasteiger partial charge is 0.462 e. The van der Waals surface area contributed by atoms with Crippen LogP contribution in [0.3, 0.4) is 0 Å². The first-order valence-electron chi connectivity index (χ1n) is 40.0. The molecule has 0 aromatic carbocycles. The lowest BCUT2D eigenvalue weighted by atomic mass is 10.0. The Balaban J connectivity index is 5.22. The van der Waals surface area contributed by atoms with Gasteiger partial charge in [0.15, 0.2) is 12.2 Å². The molecule has 5 atom stereocenters. The Morgan fingerprint density at radius 3 is 0.708 bits per heavy atom. The number of hydrogen-bond acceptors (Lipinski definition) is 15. The molecule has 0 aromatic rings. The molecule has 0 radical (unpaired) electrons. The van der Waals surface area contributed by atoms with Crippen molar-refractivity contribution in [3.05, 3.63) is 0 Å². The molecule has 19 heteroatoms. The Hall–Kier alpha value is -1.94. The van der Waals surface area contributed by atoms with Crippen LogP contribution < -0.4 is 0 Å². The largest absolute Gasteiger partial charge is 0.472 e. The number of phosphoric acid groups is 2. The topological polar surface area (TPSA) is 237 Å². The zero-order valence-electron chi connectivity index (χ0n) is 62.7. The Kier molecular flexibility index (Phi) is 67.4. The van der Waals surface area contributed by atoms with Crippen LogP contribution in [0.1, 0.15) is 401 Å². The summed E-state index contributed by atoms with van der Waals surface area (Å²) in [6, 6.07) is 0. The first kappa shape index (κ1) is 94.1. The van der Waals surface area contributed by atoms with Crippen molar-refractivity contribution in [2.24, 2.45) is 11.8 Å². The van der Waals surface area contributed by atoms with E-state index in [1.165, 1.54) is 218 Å². The highest BCUT2D eigenvalue weighted by molar-refractivity contribution is 7.47. The molecule has 17 nitrogen and oxygen atoms in total. The lowest BCUT2D eigenvalue weighted by Gasteiger charge is -2.21. The van der Waals surface area contributed by atoms with Crippen LogP contribution in [0.2, 0.25) is 0 Å². The first-order chi connectivity index (χ1) is 46.4. The van der Waals surface area contributed by atoms with Gasteiger partial charge in [-0.25, -0.2) is 9.13 Å². The summed E-state index contributed by atoms with van der Waals surface area (Å²) >= 11 is 0. The molecular formula is C77H150O17P2. The van der Waals surface area contributed by atoms with Gasteiger partial charge in [-0.2, -0.15) is 0 Å². The maximum Gasteiger partial charge on any atom is 0.472 e. The standard InChI is InChI=1S/C77H150O17P2/c1-7-9-11-13-15-17-18-19-20-21-24-27-30-36-42-48-54-60-75(80)88-66-73(93-76(81)61-55-49-43-37-31-28-25-22-23-26-29-34-39-45-51-57-69(3)4)68-92-96(85,86)90-64-71(78)63-89-95(83,84)91-67-72(65-87-74(79)59-53-47-41-33-16-14-12-10-8-2)94-77(82)62-56-50-44-38-32-35-40-46-52-58-70(5)6/h69-73,78H,7-68H2,1-6H3,(H,83,84)(H,85,86)/t71-,72+,73+/m0/s1. The normalized spacial score (nSPS) is 14.0. The molecule has 0 aliphatic carbocycles. The van der Waals surface area contributed by atoms with Gasteiger partial charge in [0.05, 0.1) is 26.4 Å². The molecule has 570 valence electrons. The summed E-state index contributed by atoms with van der Waals surface area (Å²) in [5, 5.41) is 10.6. The van der Waals surface area contributed by atoms with Gasteiger partial charge in [0.1, 0.15) is 19.3 Å². The van der Waals surface area contributed by atoms with Crippen molar-refractivity contribution in [2.45, 2.75) is 419 Å². The third-order valence-electron chi connectivity index (χ3n) is 18.0. The Labute approximate surface area is 588 Å². The molecule has 0 rings (SSSR count). The van der Waals surface area contributed by atoms with Crippen LogP contribution in [0.4, 0.5) is 0 Å². The van der Waals surface area contributed by atoms with Gasteiger partial charge in [0.25, 0.3) is 0 Å². The molecule has 0 amide bonds. The average Bonchev–Trinajstić information content (AvgIpc) is 1.47. The van der Waals surface area contributed by atoms with Crippen LogP contribution in [-0.2, 0) is 65.4 Å². The zero-order chi connectivity index (χ0) is 70.7. The lowest BCUT2D eigenvalue weighted by molar-refractivity contribution is -0.161. The molecule has 0 fully saturated rings. The molecule has 0 heterocycles. The molecule has 0 saturated carbocycles. The van der Waals surface area contributed by atoms with E-state index in [9.17, 15) is 43.2 Å². The van der Waals surface area contributed by atoms with Crippen molar-refractivity contribution >= 4 is 39.5 Å².